The zero-order valence-corrected chi connectivity index (χ0v) is 12.3. The predicted molar refractivity (Wildman–Crippen MR) is 79.2 cm³/mol. The van der Waals surface area contributed by atoms with Crippen LogP contribution < -0.4 is 0 Å². The van der Waals surface area contributed by atoms with Gasteiger partial charge in [-0.1, -0.05) is 28.9 Å². The lowest BCUT2D eigenvalue weighted by atomic mass is 10.1. The smallest absolute Gasteiger partial charge is 0.152 e. The molecule has 0 fully saturated rings. The first kappa shape index (κ1) is 13.2. The molecular weight excluding hydrogens is 274 g/mol. The fraction of sp³-hybridized carbons (Fsp3) is 0.333. The van der Waals surface area contributed by atoms with E-state index in [1.54, 1.807) is 0 Å². The summed E-state index contributed by atoms with van der Waals surface area (Å²) in [6.07, 6.45) is 0.832. The Kier molecular flexibility index (Phi) is 3.49. The average Bonchev–Trinajstić information content (AvgIpc) is 2.98. The van der Waals surface area contributed by atoms with Gasteiger partial charge in [0.25, 0.3) is 0 Å². The third-order valence-electron chi connectivity index (χ3n) is 3.39. The van der Waals surface area contributed by atoms with E-state index in [1.807, 2.05) is 35.9 Å². The molecule has 2 aromatic rings. The van der Waals surface area contributed by atoms with E-state index in [-0.39, 0.29) is 6.10 Å². The van der Waals surface area contributed by atoms with E-state index in [2.05, 4.69) is 23.2 Å². The molecule has 1 atom stereocenters. The molecule has 1 unspecified atom stereocenters. The van der Waals surface area contributed by atoms with Gasteiger partial charge < -0.3 is 4.84 Å². The van der Waals surface area contributed by atoms with Crippen molar-refractivity contribution in [2.75, 3.05) is 0 Å². The lowest BCUT2D eigenvalue weighted by molar-refractivity contribution is 0.0692. The molecule has 2 heterocycles. The van der Waals surface area contributed by atoms with Gasteiger partial charge in [-0.25, -0.2) is 0 Å². The molecule has 4 nitrogen and oxygen atoms in total. The maximum Gasteiger partial charge on any atom is 0.152 e. The van der Waals surface area contributed by atoms with E-state index < -0.39 is 0 Å². The number of benzene rings is 1. The summed E-state index contributed by atoms with van der Waals surface area (Å²) in [4.78, 5) is 5.51. The lowest BCUT2D eigenvalue weighted by Gasteiger charge is -2.09. The van der Waals surface area contributed by atoms with Gasteiger partial charge in [0.15, 0.2) is 6.10 Å². The second-order valence-corrected chi connectivity index (χ2v) is 5.52. The highest BCUT2D eigenvalue weighted by Gasteiger charge is 2.23. The Balaban J connectivity index is 1.67. The van der Waals surface area contributed by atoms with Gasteiger partial charge in [-0.15, -0.1) is 0 Å². The highest BCUT2D eigenvalue weighted by atomic mass is 35.5. The number of rotatable bonds is 3. The van der Waals surface area contributed by atoms with E-state index in [1.165, 1.54) is 0 Å². The Hall–Kier alpha value is -1.81. The van der Waals surface area contributed by atoms with Gasteiger partial charge in [0.2, 0.25) is 0 Å². The standard InChI is InChI=1S/C15H16ClN3O/c1-10-7-11(2)19(17-10)9-14-8-15(18-20-14)12-3-5-13(16)6-4-12/h3-7,14H,8-9H2,1-2H3. The van der Waals surface area contributed by atoms with Crippen molar-refractivity contribution in [1.82, 2.24) is 9.78 Å². The van der Waals surface area contributed by atoms with E-state index in [9.17, 15) is 0 Å². The number of oxime groups is 1. The van der Waals surface area contributed by atoms with Crippen LogP contribution in [-0.4, -0.2) is 21.6 Å². The summed E-state index contributed by atoms with van der Waals surface area (Å²) < 4.78 is 1.97. The molecule has 1 aromatic carbocycles. The van der Waals surface area contributed by atoms with Gasteiger partial charge in [-0.3, -0.25) is 4.68 Å². The van der Waals surface area contributed by atoms with Crippen LogP contribution in [0.25, 0.3) is 0 Å². The fourth-order valence-corrected chi connectivity index (χ4v) is 2.52. The second kappa shape index (κ2) is 5.29. The molecule has 1 aliphatic heterocycles. The molecule has 0 aliphatic carbocycles. The Labute approximate surface area is 123 Å². The monoisotopic (exact) mass is 289 g/mol. The summed E-state index contributed by atoms with van der Waals surface area (Å²) in [5.74, 6) is 0. The van der Waals surface area contributed by atoms with Crippen molar-refractivity contribution in [2.45, 2.75) is 32.9 Å². The average molecular weight is 290 g/mol. The maximum absolute atomic E-state index is 5.89. The zero-order valence-electron chi connectivity index (χ0n) is 11.5. The molecule has 0 amide bonds. The summed E-state index contributed by atoms with van der Waals surface area (Å²) in [6, 6.07) is 9.74. The van der Waals surface area contributed by atoms with Gasteiger partial charge in [0.05, 0.1) is 18.0 Å². The topological polar surface area (TPSA) is 39.4 Å². The van der Waals surface area contributed by atoms with Crippen LogP contribution in [0.2, 0.25) is 5.02 Å². The van der Waals surface area contributed by atoms with Crippen molar-refractivity contribution >= 4 is 17.3 Å². The van der Waals surface area contributed by atoms with Gasteiger partial charge in [0.1, 0.15) is 0 Å². The van der Waals surface area contributed by atoms with Crippen molar-refractivity contribution in [1.29, 1.82) is 0 Å². The molecule has 0 N–H and O–H groups in total. The van der Waals surface area contributed by atoms with Crippen LogP contribution in [0.1, 0.15) is 23.4 Å². The molecular formula is C15H16ClN3O. The van der Waals surface area contributed by atoms with E-state index in [0.29, 0.717) is 0 Å². The Bertz CT molecular complexity index is 646. The number of hydrogen-bond acceptors (Lipinski definition) is 3. The normalized spacial score (nSPS) is 17.9. The van der Waals surface area contributed by atoms with Gasteiger partial charge in [0, 0.05) is 17.1 Å². The third kappa shape index (κ3) is 2.70. The quantitative estimate of drug-likeness (QED) is 0.869. The number of hydrogen-bond donors (Lipinski definition) is 0. The first-order chi connectivity index (χ1) is 9.61. The first-order valence-electron chi connectivity index (χ1n) is 6.61. The van der Waals surface area contributed by atoms with Crippen LogP contribution >= 0.6 is 11.6 Å². The summed E-state index contributed by atoms with van der Waals surface area (Å²) in [6.45, 7) is 4.77. The molecule has 1 aromatic heterocycles. The largest absolute Gasteiger partial charge is 0.390 e. The second-order valence-electron chi connectivity index (χ2n) is 5.09. The Morgan fingerprint density at radius 3 is 2.70 bits per heavy atom. The van der Waals surface area contributed by atoms with Crippen LogP contribution in [0.5, 0.6) is 0 Å². The van der Waals surface area contributed by atoms with E-state index in [0.717, 1.165) is 40.7 Å². The highest BCUT2D eigenvalue weighted by Crippen LogP contribution is 2.20. The molecule has 0 saturated heterocycles. The molecule has 0 bridgehead atoms. The molecule has 20 heavy (non-hydrogen) atoms. The van der Waals surface area contributed by atoms with Crippen LogP contribution in [0.4, 0.5) is 0 Å². The van der Waals surface area contributed by atoms with Gasteiger partial charge in [-0.2, -0.15) is 5.10 Å². The fourth-order valence-electron chi connectivity index (χ4n) is 2.39. The summed E-state index contributed by atoms with van der Waals surface area (Å²) in [7, 11) is 0. The molecule has 0 radical (unpaired) electrons. The molecule has 0 saturated carbocycles. The number of halogens is 1. The lowest BCUT2D eigenvalue weighted by Crippen LogP contribution is -2.18. The first-order valence-corrected chi connectivity index (χ1v) is 6.99. The minimum atomic E-state index is 0.0404. The number of aromatic nitrogens is 2. The van der Waals surface area contributed by atoms with Crippen molar-refractivity contribution in [2.24, 2.45) is 5.16 Å². The summed E-state index contributed by atoms with van der Waals surface area (Å²) in [5, 5.41) is 9.36. The molecule has 1 aliphatic rings. The van der Waals surface area contributed by atoms with Gasteiger partial charge in [-0.05, 0) is 37.6 Å². The van der Waals surface area contributed by atoms with Crippen LogP contribution in [0.3, 0.4) is 0 Å². The van der Waals surface area contributed by atoms with Crippen LogP contribution in [0, 0.1) is 13.8 Å². The Morgan fingerprint density at radius 1 is 1.30 bits per heavy atom. The molecule has 104 valence electrons. The maximum atomic E-state index is 5.89. The van der Waals surface area contributed by atoms with Crippen molar-refractivity contribution in [3.8, 4) is 0 Å². The number of nitrogens with zero attached hydrogens (tertiary/aromatic N) is 3. The highest BCUT2D eigenvalue weighted by molar-refractivity contribution is 6.30. The van der Waals surface area contributed by atoms with Crippen molar-refractivity contribution < 1.29 is 4.84 Å². The summed E-state index contributed by atoms with van der Waals surface area (Å²) >= 11 is 5.89. The van der Waals surface area contributed by atoms with Crippen molar-refractivity contribution in [3.63, 3.8) is 0 Å². The summed E-state index contributed by atoms with van der Waals surface area (Å²) in [5.41, 5.74) is 4.20. The Morgan fingerprint density at radius 2 is 2.05 bits per heavy atom. The molecule has 3 rings (SSSR count). The van der Waals surface area contributed by atoms with Crippen LogP contribution in [0.15, 0.2) is 35.5 Å². The van der Waals surface area contributed by atoms with E-state index >= 15 is 0 Å². The SMILES string of the molecule is Cc1cc(C)n(CC2CC(c3ccc(Cl)cc3)=NO2)n1. The van der Waals surface area contributed by atoms with Crippen molar-refractivity contribution in [3.05, 3.63) is 52.3 Å². The number of aryl methyl sites for hydroxylation is 2. The predicted octanol–water partition coefficient (Wildman–Crippen LogP) is 3.35. The minimum Gasteiger partial charge on any atom is -0.390 e. The molecule has 5 heteroatoms. The van der Waals surface area contributed by atoms with Crippen LogP contribution in [-0.2, 0) is 11.4 Å². The van der Waals surface area contributed by atoms with Gasteiger partial charge >= 0.3 is 0 Å². The zero-order chi connectivity index (χ0) is 14.1. The van der Waals surface area contributed by atoms with E-state index in [4.69, 9.17) is 16.4 Å². The minimum absolute atomic E-state index is 0.0404. The third-order valence-corrected chi connectivity index (χ3v) is 3.64. The molecule has 0 spiro atoms.